The Morgan fingerprint density at radius 1 is 1.40 bits per heavy atom. The molecule has 5 nitrogen and oxygen atoms in total. The van der Waals surface area contributed by atoms with Crippen LogP contribution in [0.1, 0.15) is 30.1 Å². The van der Waals surface area contributed by atoms with E-state index < -0.39 is 0 Å². The zero-order chi connectivity index (χ0) is 13.9. The standard InChI is InChI=1S/C15H18N4O/c16-15(20)7-11-3-1-2-4-14(11)18-9-13-8-17-10-19(13)12-5-6-12/h1-4,8,10,12,18H,5-7,9H2,(H2,16,20). The van der Waals surface area contributed by atoms with Gasteiger partial charge in [-0.05, 0) is 24.5 Å². The molecule has 0 unspecified atom stereocenters. The van der Waals surface area contributed by atoms with E-state index in [1.807, 2.05) is 36.8 Å². The molecule has 5 heteroatoms. The van der Waals surface area contributed by atoms with Gasteiger partial charge in [0.05, 0.1) is 25.0 Å². The van der Waals surface area contributed by atoms with Gasteiger partial charge in [0.25, 0.3) is 0 Å². The van der Waals surface area contributed by atoms with E-state index in [0.29, 0.717) is 12.6 Å². The Morgan fingerprint density at radius 2 is 2.20 bits per heavy atom. The zero-order valence-electron chi connectivity index (χ0n) is 11.2. The van der Waals surface area contributed by atoms with Crippen LogP contribution in [0.3, 0.4) is 0 Å². The summed E-state index contributed by atoms with van der Waals surface area (Å²) >= 11 is 0. The Labute approximate surface area is 117 Å². The third-order valence-corrected chi connectivity index (χ3v) is 3.53. The zero-order valence-corrected chi connectivity index (χ0v) is 11.2. The van der Waals surface area contributed by atoms with Crippen LogP contribution in [0.4, 0.5) is 5.69 Å². The first-order valence-corrected chi connectivity index (χ1v) is 6.85. The second kappa shape index (κ2) is 5.36. The maximum absolute atomic E-state index is 11.1. The molecule has 0 spiro atoms. The van der Waals surface area contributed by atoms with Gasteiger partial charge >= 0.3 is 0 Å². The van der Waals surface area contributed by atoms with Crippen LogP contribution < -0.4 is 11.1 Å². The van der Waals surface area contributed by atoms with E-state index in [1.54, 1.807) is 0 Å². The molecule has 1 saturated carbocycles. The number of primary amides is 1. The molecule has 2 aromatic rings. The van der Waals surface area contributed by atoms with Gasteiger partial charge in [0.15, 0.2) is 0 Å². The summed E-state index contributed by atoms with van der Waals surface area (Å²) in [6.45, 7) is 0.701. The fraction of sp³-hybridized carbons (Fsp3) is 0.333. The van der Waals surface area contributed by atoms with Crippen LogP contribution in [0.15, 0.2) is 36.8 Å². The number of carbonyl (C=O) groups is 1. The minimum absolute atomic E-state index is 0.255. The summed E-state index contributed by atoms with van der Waals surface area (Å²) < 4.78 is 2.23. The van der Waals surface area contributed by atoms with E-state index in [1.165, 1.54) is 18.5 Å². The summed E-state index contributed by atoms with van der Waals surface area (Å²) in [7, 11) is 0. The number of carbonyl (C=O) groups excluding carboxylic acids is 1. The van der Waals surface area contributed by atoms with E-state index in [-0.39, 0.29) is 12.3 Å². The van der Waals surface area contributed by atoms with Crippen LogP contribution in [-0.4, -0.2) is 15.5 Å². The van der Waals surface area contributed by atoms with E-state index in [9.17, 15) is 4.79 Å². The molecular weight excluding hydrogens is 252 g/mol. The average molecular weight is 270 g/mol. The van der Waals surface area contributed by atoms with Crippen LogP contribution in [0, 0.1) is 0 Å². The van der Waals surface area contributed by atoms with Gasteiger partial charge in [-0.3, -0.25) is 4.79 Å². The maximum Gasteiger partial charge on any atom is 0.221 e. The maximum atomic E-state index is 11.1. The first-order chi connectivity index (χ1) is 9.74. The van der Waals surface area contributed by atoms with Crippen LogP contribution in [0.5, 0.6) is 0 Å². The molecule has 1 aliphatic carbocycles. The summed E-state index contributed by atoms with van der Waals surface area (Å²) in [5, 5.41) is 3.38. The molecule has 3 rings (SSSR count). The molecule has 0 aliphatic heterocycles. The summed E-state index contributed by atoms with van der Waals surface area (Å²) in [5.41, 5.74) is 8.33. The highest BCUT2D eigenvalue weighted by Crippen LogP contribution is 2.35. The van der Waals surface area contributed by atoms with Gasteiger partial charge < -0.3 is 15.6 Å². The second-order valence-electron chi connectivity index (χ2n) is 5.18. The van der Waals surface area contributed by atoms with Gasteiger partial charge in [-0.2, -0.15) is 0 Å². The van der Waals surface area contributed by atoms with Crippen molar-refractivity contribution in [1.82, 2.24) is 9.55 Å². The minimum atomic E-state index is -0.317. The lowest BCUT2D eigenvalue weighted by Gasteiger charge is -2.12. The molecule has 1 aliphatic rings. The van der Waals surface area contributed by atoms with Gasteiger partial charge in [-0.1, -0.05) is 18.2 Å². The van der Waals surface area contributed by atoms with Gasteiger partial charge in [0, 0.05) is 17.9 Å². The molecule has 0 saturated heterocycles. The number of benzene rings is 1. The Hall–Kier alpha value is -2.30. The van der Waals surface area contributed by atoms with Crippen molar-refractivity contribution in [2.75, 3.05) is 5.32 Å². The van der Waals surface area contributed by atoms with E-state index in [4.69, 9.17) is 5.73 Å². The molecule has 1 aromatic carbocycles. The normalized spacial score (nSPS) is 14.2. The Morgan fingerprint density at radius 3 is 2.95 bits per heavy atom. The third kappa shape index (κ3) is 2.82. The van der Waals surface area contributed by atoms with Crippen LogP contribution in [-0.2, 0) is 17.8 Å². The fourth-order valence-electron chi connectivity index (χ4n) is 2.37. The fourth-order valence-corrected chi connectivity index (χ4v) is 2.37. The number of nitrogens with zero attached hydrogens (tertiary/aromatic N) is 2. The molecule has 104 valence electrons. The largest absolute Gasteiger partial charge is 0.379 e. The second-order valence-corrected chi connectivity index (χ2v) is 5.18. The quantitative estimate of drug-likeness (QED) is 0.841. The Balaban J connectivity index is 1.71. The number of amides is 1. The van der Waals surface area contributed by atoms with Crippen molar-refractivity contribution in [3.8, 4) is 0 Å². The van der Waals surface area contributed by atoms with Crippen molar-refractivity contribution in [1.29, 1.82) is 0 Å². The summed E-state index contributed by atoms with van der Waals surface area (Å²) in [4.78, 5) is 15.3. The van der Waals surface area contributed by atoms with Crippen molar-refractivity contribution in [2.45, 2.75) is 31.8 Å². The summed E-state index contributed by atoms with van der Waals surface area (Å²) in [5.74, 6) is -0.317. The topological polar surface area (TPSA) is 72.9 Å². The van der Waals surface area contributed by atoms with Gasteiger partial charge in [0.2, 0.25) is 5.91 Å². The van der Waals surface area contributed by atoms with Crippen LogP contribution in [0.25, 0.3) is 0 Å². The number of hydrogen-bond donors (Lipinski definition) is 2. The lowest BCUT2D eigenvalue weighted by Crippen LogP contribution is -2.15. The van der Waals surface area contributed by atoms with Crippen LogP contribution >= 0.6 is 0 Å². The van der Waals surface area contributed by atoms with E-state index in [2.05, 4.69) is 14.9 Å². The molecule has 3 N–H and O–H groups in total. The van der Waals surface area contributed by atoms with Crippen molar-refractivity contribution >= 4 is 11.6 Å². The highest BCUT2D eigenvalue weighted by molar-refractivity contribution is 5.78. The first-order valence-electron chi connectivity index (χ1n) is 6.85. The van der Waals surface area contributed by atoms with Crippen molar-refractivity contribution < 1.29 is 4.79 Å². The Kier molecular flexibility index (Phi) is 3.41. The molecular formula is C15H18N4O. The molecule has 20 heavy (non-hydrogen) atoms. The molecule has 1 amide bonds. The summed E-state index contributed by atoms with van der Waals surface area (Å²) in [6, 6.07) is 8.37. The number of para-hydroxylation sites is 1. The highest BCUT2D eigenvalue weighted by Gasteiger charge is 2.25. The monoisotopic (exact) mass is 270 g/mol. The summed E-state index contributed by atoms with van der Waals surface area (Å²) in [6.07, 6.45) is 6.51. The lowest BCUT2D eigenvalue weighted by atomic mass is 10.1. The smallest absolute Gasteiger partial charge is 0.221 e. The number of hydrogen-bond acceptors (Lipinski definition) is 3. The van der Waals surface area contributed by atoms with Crippen LogP contribution in [0.2, 0.25) is 0 Å². The predicted molar refractivity (Wildman–Crippen MR) is 77.2 cm³/mol. The van der Waals surface area contributed by atoms with Crippen molar-refractivity contribution in [3.63, 3.8) is 0 Å². The highest BCUT2D eigenvalue weighted by atomic mass is 16.1. The van der Waals surface area contributed by atoms with E-state index >= 15 is 0 Å². The first kappa shape index (κ1) is 12.7. The van der Waals surface area contributed by atoms with Gasteiger partial charge in [-0.15, -0.1) is 0 Å². The SMILES string of the molecule is NC(=O)Cc1ccccc1NCc1cncn1C1CC1. The minimum Gasteiger partial charge on any atom is -0.379 e. The molecule has 1 heterocycles. The molecule has 0 bridgehead atoms. The number of nitrogens with two attached hydrogens (primary N) is 1. The van der Waals surface area contributed by atoms with Crippen molar-refractivity contribution in [3.05, 3.63) is 48.0 Å². The molecule has 0 atom stereocenters. The van der Waals surface area contributed by atoms with E-state index in [0.717, 1.165) is 11.3 Å². The number of aromatic nitrogens is 2. The van der Waals surface area contributed by atoms with Gasteiger partial charge in [0.1, 0.15) is 0 Å². The number of nitrogens with one attached hydrogen (secondary N) is 1. The van der Waals surface area contributed by atoms with Gasteiger partial charge in [-0.25, -0.2) is 4.98 Å². The third-order valence-electron chi connectivity index (χ3n) is 3.53. The molecule has 0 radical (unpaired) electrons. The van der Waals surface area contributed by atoms with Crippen molar-refractivity contribution in [2.24, 2.45) is 5.73 Å². The molecule has 1 aromatic heterocycles. The Bertz CT molecular complexity index is 616. The average Bonchev–Trinajstić information content (AvgIpc) is 3.16. The predicted octanol–water partition coefficient (Wildman–Crippen LogP) is 1.86. The number of anilines is 1. The molecule has 1 fully saturated rings. The lowest BCUT2D eigenvalue weighted by molar-refractivity contribution is -0.117. The number of rotatable bonds is 6. The number of imidazole rings is 1.